The predicted molar refractivity (Wildman–Crippen MR) is 57.6 cm³/mol. The molecule has 6 nitrogen and oxygen atoms in total. The second-order valence-electron chi connectivity index (χ2n) is 4.31. The zero-order valence-corrected chi connectivity index (χ0v) is 9.79. The highest BCUT2D eigenvalue weighted by molar-refractivity contribution is 7.91. The minimum atomic E-state index is -3.69. The molecule has 92 valence electrons. The highest BCUT2D eigenvalue weighted by Gasteiger charge is 2.57. The van der Waals surface area contributed by atoms with E-state index >= 15 is 0 Å². The van der Waals surface area contributed by atoms with E-state index in [1.165, 1.54) is 4.31 Å². The van der Waals surface area contributed by atoms with E-state index in [9.17, 15) is 13.2 Å². The van der Waals surface area contributed by atoms with E-state index in [-0.39, 0.29) is 12.8 Å². The molecular formula is C9H16N2O4S. The van der Waals surface area contributed by atoms with Gasteiger partial charge < -0.3 is 10.4 Å². The molecule has 0 atom stereocenters. The van der Waals surface area contributed by atoms with Crippen LogP contribution in [0, 0.1) is 0 Å². The van der Waals surface area contributed by atoms with Crippen LogP contribution in [0.15, 0.2) is 0 Å². The van der Waals surface area contributed by atoms with Gasteiger partial charge in [-0.1, -0.05) is 0 Å². The molecule has 2 rings (SSSR count). The lowest BCUT2D eigenvalue weighted by molar-refractivity contribution is -0.142. The van der Waals surface area contributed by atoms with E-state index in [0.717, 1.165) is 0 Å². The van der Waals surface area contributed by atoms with Crippen LogP contribution in [0.5, 0.6) is 0 Å². The van der Waals surface area contributed by atoms with Crippen molar-refractivity contribution >= 4 is 16.0 Å². The molecule has 0 radical (unpaired) electrons. The van der Waals surface area contributed by atoms with Crippen molar-refractivity contribution in [3.8, 4) is 0 Å². The molecule has 1 saturated heterocycles. The fraction of sp³-hybridized carbons (Fsp3) is 0.889. The molecule has 2 aliphatic rings. The van der Waals surface area contributed by atoms with Crippen LogP contribution < -0.4 is 5.32 Å². The number of piperazine rings is 1. The van der Waals surface area contributed by atoms with Crippen LogP contribution in [-0.4, -0.2) is 54.7 Å². The Hall–Kier alpha value is -0.660. The van der Waals surface area contributed by atoms with Crippen molar-refractivity contribution in [2.45, 2.75) is 24.0 Å². The Morgan fingerprint density at radius 1 is 1.25 bits per heavy atom. The normalized spacial score (nSPS) is 26.0. The van der Waals surface area contributed by atoms with Gasteiger partial charge in [0.2, 0.25) is 10.0 Å². The van der Waals surface area contributed by atoms with Crippen molar-refractivity contribution in [2.24, 2.45) is 0 Å². The van der Waals surface area contributed by atoms with Crippen LogP contribution >= 0.6 is 0 Å². The van der Waals surface area contributed by atoms with Crippen molar-refractivity contribution in [1.82, 2.24) is 9.62 Å². The van der Waals surface area contributed by atoms with Gasteiger partial charge in [0.25, 0.3) is 0 Å². The van der Waals surface area contributed by atoms with Crippen molar-refractivity contribution in [2.75, 3.05) is 26.2 Å². The Bertz CT molecular complexity index is 382. The summed E-state index contributed by atoms with van der Waals surface area (Å²) in [5, 5.41) is 12.2. The summed E-state index contributed by atoms with van der Waals surface area (Å²) in [5.74, 6) is -1.20. The van der Waals surface area contributed by atoms with E-state index in [0.29, 0.717) is 32.6 Å². The van der Waals surface area contributed by atoms with Gasteiger partial charge >= 0.3 is 5.97 Å². The van der Waals surface area contributed by atoms with Crippen LogP contribution in [0.25, 0.3) is 0 Å². The van der Waals surface area contributed by atoms with Crippen molar-refractivity contribution in [3.05, 3.63) is 0 Å². The van der Waals surface area contributed by atoms with Gasteiger partial charge in [0.15, 0.2) is 4.75 Å². The minimum absolute atomic E-state index is 0.245. The number of carboxylic acid groups (broad SMARTS) is 1. The fourth-order valence-electron chi connectivity index (χ4n) is 2.21. The third kappa shape index (κ3) is 1.54. The Labute approximate surface area is 94.7 Å². The number of hydrogen-bond acceptors (Lipinski definition) is 4. The number of sulfonamides is 1. The number of carbonyl (C=O) groups is 1. The van der Waals surface area contributed by atoms with Gasteiger partial charge in [0.05, 0.1) is 0 Å². The molecule has 1 heterocycles. The minimum Gasteiger partial charge on any atom is -0.480 e. The second kappa shape index (κ2) is 3.97. The molecule has 1 saturated carbocycles. The Morgan fingerprint density at radius 3 is 2.19 bits per heavy atom. The molecule has 0 aromatic rings. The molecule has 2 N–H and O–H groups in total. The average Bonchev–Trinajstić information content (AvgIpc) is 2.16. The number of nitrogens with zero attached hydrogens (tertiary/aromatic N) is 1. The summed E-state index contributed by atoms with van der Waals surface area (Å²) in [4.78, 5) is 11.2. The third-order valence-corrected chi connectivity index (χ3v) is 6.08. The number of rotatable bonds is 3. The molecule has 0 unspecified atom stereocenters. The lowest BCUT2D eigenvalue weighted by Crippen LogP contribution is -2.60. The summed E-state index contributed by atoms with van der Waals surface area (Å²) in [6, 6.07) is 0. The van der Waals surface area contributed by atoms with E-state index in [4.69, 9.17) is 5.11 Å². The molecule has 16 heavy (non-hydrogen) atoms. The highest BCUT2D eigenvalue weighted by atomic mass is 32.2. The first-order chi connectivity index (χ1) is 7.51. The Morgan fingerprint density at radius 2 is 1.81 bits per heavy atom. The molecule has 0 spiro atoms. The Balaban J connectivity index is 2.26. The third-order valence-electron chi connectivity index (χ3n) is 3.46. The van der Waals surface area contributed by atoms with Crippen molar-refractivity contribution < 1.29 is 18.3 Å². The average molecular weight is 248 g/mol. The van der Waals surface area contributed by atoms with Crippen LogP contribution in [0.2, 0.25) is 0 Å². The second-order valence-corrected chi connectivity index (χ2v) is 6.56. The van der Waals surface area contributed by atoms with Crippen LogP contribution in [0.3, 0.4) is 0 Å². The molecule has 0 aromatic carbocycles. The number of carboxylic acids is 1. The zero-order chi connectivity index (χ0) is 11.8. The van der Waals surface area contributed by atoms with Gasteiger partial charge in [-0.25, -0.2) is 8.42 Å². The first-order valence-electron chi connectivity index (χ1n) is 5.44. The first kappa shape index (κ1) is 11.8. The van der Waals surface area contributed by atoms with Crippen molar-refractivity contribution in [3.63, 3.8) is 0 Å². The molecular weight excluding hydrogens is 232 g/mol. The van der Waals surface area contributed by atoms with Crippen molar-refractivity contribution in [1.29, 1.82) is 0 Å². The topological polar surface area (TPSA) is 86.7 Å². The highest BCUT2D eigenvalue weighted by Crippen LogP contribution is 2.41. The zero-order valence-electron chi connectivity index (χ0n) is 8.98. The largest absolute Gasteiger partial charge is 0.480 e. The summed E-state index contributed by atoms with van der Waals surface area (Å²) in [6.07, 6.45) is 1.17. The van der Waals surface area contributed by atoms with Crippen LogP contribution in [0.1, 0.15) is 19.3 Å². The SMILES string of the molecule is O=C(O)C1(S(=O)(=O)N2CCNCC2)CCC1. The van der Waals surface area contributed by atoms with E-state index in [2.05, 4.69) is 5.32 Å². The smallest absolute Gasteiger partial charge is 0.326 e. The summed E-state index contributed by atoms with van der Waals surface area (Å²) in [5.41, 5.74) is 0. The van der Waals surface area contributed by atoms with Gasteiger partial charge in [-0.15, -0.1) is 0 Å². The molecule has 0 aromatic heterocycles. The fourth-order valence-corrected chi connectivity index (χ4v) is 4.39. The first-order valence-corrected chi connectivity index (χ1v) is 6.88. The maximum absolute atomic E-state index is 12.2. The van der Waals surface area contributed by atoms with E-state index in [1.54, 1.807) is 0 Å². The van der Waals surface area contributed by atoms with E-state index in [1.807, 2.05) is 0 Å². The predicted octanol–water partition coefficient (Wildman–Crippen LogP) is -0.771. The molecule has 1 aliphatic carbocycles. The monoisotopic (exact) mass is 248 g/mol. The summed E-state index contributed by atoms with van der Waals surface area (Å²) in [7, 11) is -3.69. The van der Waals surface area contributed by atoms with Gasteiger partial charge in [0.1, 0.15) is 0 Å². The molecule has 1 aliphatic heterocycles. The lowest BCUT2D eigenvalue weighted by atomic mass is 9.84. The molecule has 2 fully saturated rings. The molecule has 7 heteroatoms. The molecule has 0 bridgehead atoms. The lowest BCUT2D eigenvalue weighted by Gasteiger charge is -2.41. The number of nitrogens with one attached hydrogen (secondary N) is 1. The summed E-state index contributed by atoms with van der Waals surface area (Å²) >= 11 is 0. The number of hydrogen-bond donors (Lipinski definition) is 2. The van der Waals surface area contributed by atoms with Crippen LogP contribution in [-0.2, 0) is 14.8 Å². The number of aliphatic carboxylic acids is 1. The van der Waals surface area contributed by atoms with Crippen LogP contribution in [0.4, 0.5) is 0 Å². The molecule has 0 amide bonds. The summed E-state index contributed by atoms with van der Waals surface area (Å²) in [6.45, 7) is 1.93. The maximum Gasteiger partial charge on any atom is 0.326 e. The van der Waals surface area contributed by atoms with Gasteiger partial charge in [-0.3, -0.25) is 4.79 Å². The summed E-state index contributed by atoms with van der Waals surface area (Å²) < 4.78 is 24.3. The quantitative estimate of drug-likeness (QED) is 0.685. The van der Waals surface area contributed by atoms with Gasteiger partial charge in [-0.2, -0.15) is 4.31 Å². The Kier molecular flexibility index (Phi) is 2.93. The van der Waals surface area contributed by atoms with Gasteiger partial charge in [0, 0.05) is 26.2 Å². The maximum atomic E-state index is 12.2. The van der Waals surface area contributed by atoms with Gasteiger partial charge in [-0.05, 0) is 19.3 Å². The van der Waals surface area contributed by atoms with E-state index < -0.39 is 20.7 Å². The standard InChI is InChI=1S/C9H16N2O4S/c12-8(13)9(2-1-3-9)16(14,15)11-6-4-10-5-7-11/h10H,1-7H2,(H,12,13).